The van der Waals surface area contributed by atoms with Crippen molar-refractivity contribution in [2.24, 2.45) is 5.92 Å². The second-order valence-corrected chi connectivity index (χ2v) is 3.99. The summed E-state index contributed by atoms with van der Waals surface area (Å²) in [5.74, 6) is -3.15. The Morgan fingerprint density at radius 2 is 2.28 bits per heavy atom. The monoisotopic (exact) mass is 248 g/mol. The summed E-state index contributed by atoms with van der Waals surface area (Å²) in [6.07, 6.45) is -0.147. The maximum atomic E-state index is 13.9. The van der Waals surface area contributed by atoms with Crippen molar-refractivity contribution in [2.75, 3.05) is 11.4 Å². The summed E-state index contributed by atoms with van der Waals surface area (Å²) in [6, 6.07) is 5.79. The van der Waals surface area contributed by atoms with E-state index >= 15 is 0 Å². The van der Waals surface area contributed by atoms with E-state index in [1.807, 2.05) is 0 Å². The first-order valence-electron chi connectivity index (χ1n) is 5.26. The highest BCUT2D eigenvalue weighted by molar-refractivity contribution is 5.99. The van der Waals surface area contributed by atoms with Gasteiger partial charge >= 0.3 is 5.97 Å². The van der Waals surface area contributed by atoms with Crippen LogP contribution in [0.3, 0.4) is 0 Å². The molecule has 1 aromatic rings. The number of anilines is 1. The lowest BCUT2D eigenvalue weighted by atomic mass is 10.1. The number of aliphatic carboxylic acids is 1. The van der Waals surface area contributed by atoms with Crippen molar-refractivity contribution in [3.8, 4) is 6.07 Å². The molecule has 92 valence electrons. The zero-order valence-electron chi connectivity index (χ0n) is 9.26. The smallest absolute Gasteiger partial charge is 0.308 e. The van der Waals surface area contributed by atoms with E-state index in [0.29, 0.717) is 0 Å². The molecule has 1 aliphatic heterocycles. The van der Waals surface area contributed by atoms with Gasteiger partial charge in [0.2, 0.25) is 5.91 Å². The summed E-state index contributed by atoms with van der Waals surface area (Å²) in [5, 5.41) is 17.5. The predicted molar refractivity (Wildman–Crippen MR) is 59.2 cm³/mol. The lowest BCUT2D eigenvalue weighted by Gasteiger charge is -2.17. The van der Waals surface area contributed by atoms with Gasteiger partial charge in [0.25, 0.3) is 0 Å². The van der Waals surface area contributed by atoms with Gasteiger partial charge in [-0.15, -0.1) is 0 Å². The topological polar surface area (TPSA) is 81.4 Å². The van der Waals surface area contributed by atoms with Crippen LogP contribution < -0.4 is 4.90 Å². The van der Waals surface area contributed by atoms with Crippen LogP contribution in [-0.4, -0.2) is 23.5 Å². The second kappa shape index (κ2) is 4.45. The first-order chi connectivity index (χ1) is 8.54. The minimum atomic E-state index is -1.08. The summed E-state index contributed by atoms with van der Waals surface area (Å²) >= 11 is 0. The zero-order chi connectivity index (χ0) is 13.3. The molecule has 1 fully saturated rings. The molecule has 1 atom stereocenters. The molecule has 1 aromatic carbocycles. The Bertz CT molecular complexity index is 565. The van der Waals surface area contributed by atoms with Gasteiger partial charge in [-0.1, -0.05) is 6.07 Å². The van der Waals surface area contributed by atoms with Gasteiger partial charge in [0, 0.05) is 13.0 Å². The minimum Gasteiger partial charge on any atom is -0.481 e. The van der Waals surface area contributed by atoms with E-state index in [1.54, 1.807) is 6.07 Å². The van der Waals surface area contributed by atoms with E-state index in [-0.39, 0.29) is 24.2 Å². The number of amides is 1. The summed E-state index contributed by atoms with van der Waals surface area (Å²) in [7, 11) is 0. The third-order valence-electron chi connectivity index (χ3n) is 2.86. The quantitative estimate of drug-likeness (QED) is 0.850. The molecule has 2 rings (SSSR count). The van der Waals surface area contributed by atoms with E-state index in [2.05, 4.69) is 0 Å². The van der Waals surface area contributed by atoms with Gasteiger partial charge in [0.05, 0.1) is 17.2 Å². The summed E-state index contributed by atoms with van der Waals surface area (Å²) < 4.78 is 13.9. The molecule has 18 heavy (non-hydrogen) atoms. The molecule has 6 heteroatoms. The molecule has 1 aliphatic rings. The van der Waals surface area contributed by atoms with E-state index in [1.165, 1.54) is 18.2 Å². The van der Waals surface area contributed by atoms with Crippen LogP contribution in [0.2, 0.25) is 0 Å². The Morgan fingerprint density at radius 3 is 2.83 bits per heavy atom. The second-order valence-electron chi connectivity index (χ2n) is 3.99. The fraction of sp³-hybridized carbons (Fsp3) is 0.250. The summed E-state index contributed by atoms with van der Waals surface area (Å²) in [5.41, 5.74) is -0.207. The van der Waals surface area contributed by atoms with Crippen LogP contribution in [0, 0.1) is 23.1 Å². The van der Waals surface area contributed by atoms with E-state index in [0.717, 1.165) is 4.90 Å². The Hall–Kier alpha value is -2.42. The number of halogens is 1. The number of hydrogen-bond donors (Lipinski definition) is 1. The number of carbonyl (C=O) groups excluding carboxylic acids is 1. The number of rotatable bonds is 2. The van der Waals surface area contributed by atoms with Gasteiger partial charge in [0.1, 0.15) is 6.07 Å². The molecule has 0 spiro atoms. The maximum Gasteiger partial charge on any atom is 0.308 e. The normalized spacial score (nSPS) is 18.8. The standard InChI is InChI=1S/C12H9FN2O3/c13-11-7(5-14)2-1-3-9(11)15-6-8(12(17)18)4-10(15)16/h1-3,8H,4,6H2,(H,17,18). The molecule has 0 saturated carbocycles. The van der Waals surface area contributed by atoms with Crippen LogP contribution in [0.15, 0.2) is 18.2 Å². The molecular formula is C12H9FN2O3. The Morgan fingerprint density at radius 1 is 1.56 bits per heavy atom. The van der Waals surface area contributed by atoms with Crippen molar-refractivity contribution in [1.82, 2.24) is 0 Å². The van der Waals surface area contributed by atoms with Crippen molar-refractivity contribution < 1.29 is 19.1 Å². The van der Waals surface area contributed by atoms with Gasteiger partial charge in [-0.3, -0.25) is 9.59 Å². The molecule has 1 amide bonds. The van der Waals surface area contributed by atoms with Gasteiger partial charge < -0.3 is 10.0 Å². The minimum absolute atomic E-state index is 0.0391. The molecule has 1 saturated heterocycles. The Labute approximate surface area is 102 Å². The number of hydrogen-bond acceptors (Lipinski definition) is 3. The average molecular weight is 248 g/mol. The van der Waals surface area contributed by atoms with Crippen molar-refractivity contribution >= 4 is 17.6 Å². The van der Waals surface area contributed by atoms with Gasteiger partial charge in [-0.25, -0.2) is 4.39 Å². The number of benzene rings is 1. The fourth-order valence-electron chi connectivity index (χ4n) is 1.92. The highest BCUT2D eigenvalue weighted by Gasteiger charge is 2.36. The Kier molecular flexibility index (Phi) is 2.98. The van der Waals surface area contributed by atoms with Crippen molar-refractivity contribution in [3.63, 3.8) is 0 Å². The lowest BCUT2D eigenvalue weighted by Crippen LogP contribution is -2.26. The third-order valence-corrected chi connectivity index (χ3v) is 2.86. The van der Waals surface area contributed by atoms with Crippen molar-refractivity contribution in [2.45, 2.75) is 6.42 Å². The summed E-state index contributed by atoms with van der Waals surface area (Å²) in [4.78, 5) is 23.5. The van der Waals surface area contributed by atoms with Crippen LogP contribution >= 0.6 is 0 Å². The third kappa shape index (κ3) is 1.91. The molecule has 1 N–H and O–H groups in total. The van der Waals surface area contributed by atoms with Gasteiger partial charge in [-0.2, -0.15) is 5.26 Å². The fourth-order valence-corrected chi connectivity index (χ4v) is 1.92. The molecule has 5 nitrogen and oxygen atoms in total. The number of carboxylic acid groups (broad SMARTS) is 1. The largest absolute Gasteiger partial charge is 0.481 e. The van der Waals surface area contributed by atoms with Crippen LogP contribution in [-0.2, 0) is 9.59 Å². The van der Waals surface area contributed by atoms with Crippen LogP contribution in [0.1, 0.15) is 12.0 Å². The van der Waals surface area contributed by atoms with E-state index < -0.39 is 23.6 Å². The highest BCUT2D eigenvalue weighted by Crippen LogP contribution is 2.28. The van der Waals surface area contributed by atoms with Gasteiger partial charge in [-0.05, 0) is 12.1 Å². The van der Waals surface area contributed by atoms with Crippen molar-refractivity contribution in [1.29, 1.82) is 5.26 Å². The van der Waals surface area contributed by atoms with Gasteiger partial charge in [0.15, 0.2) is 5.82 Å². The van der Waals surface area contributed by atoms with Crippen LogP contribution in [0.4, 0.5) is 10.1 Å². The van der Waals surface area contributed by atoms with Crippen molar-refractivity contribution in [3.05, 3.63) is 29.6 Å². The molecule has 0 aliphatic carbocycles. The van der Waals surface area contributed by atoms with E-state index in [4.69, 9.17) is 10.4 Å². The molecule has 1 unspecified atom stereocenters. The van der Waals surface area contributed by atoms with Crippen LogP contribution in [0.25, 0.3) is 0 Å². The molecule has 0 aromatic heterocycles. The number of carbonyl (C=O) groups is 2. The SMILES string of the molecule is N#Cc1cccc(N2CC(C(=O)O)CC2=O)c1F. The zero-order valence-corrected chi connectivity index (χ0v) is 9.26. The molecular weight excluding hydrogens is 239 g/mol. The maximum absolute atomic E-state index is 13.9. The summed E-state index contributed by atoms with van der Waals surface area (Å²) in [6.45, 7) is -0.0695. The van der Waals surface area contributed by atoms with Crippen LogP contribution in [0.5, 0.6) is 0 Å². The number of nitrogens with zero attached hydrogens (tertiary/aromatic N) is 2. The molecule has 0 bridgehead atoms. The molecule has 0 radical (unpaired) electrons. The van der Waals surface area contributed by atoms with E-state index in [9.17, 15) is 14.0 Å². The first kappa shape index (κ1) is 12.0. The number of carboxylic acids is 1. The Balaban J connectivity index is 2.36. The number of nitriles is 1. The lowest BCUT2D eigenvalue weighted by molar-refractivity contribution is -0.141. The first-order valence-corrected chi connectivity index (χ1v) is 5.26. The molecule has 1 heterocycles. The predicted octanol–water partition coefficient (Wildman–Crippen LogP) is 1.13. The highest BCUT2D eigenvalue weighted by atomic mass is 19.1. The average Bonchev–Trinajstić information content (AvgIpc) is 2.72.